The van der Waals surface area contributed by atoms with E-state index in [1.807, 2.05) is 13.0 Å². The maximum absolute atomic E-state index is 11.1. The number of carbonyl (C=O) groups is 1. The van der Waals surface area contributed by atoms with Gasteiger partial charge >= 0.3 is 0 Å². The number of nitrogen functional groups attached to an aromatic ring is 1. The Balaban J connectivity index is 0.00000100. The van der Waals surface area contributed by atoms with E-state index in [1.165, 1.54) is 0 Å². The van der Waals surface area contributed by atoms with E-state index in [1.54, 1.807) is 18.3 Å². The molecule has 2 aromatic rings. The highest BCUT2D eigenvalue weighted by atomic mass is 16.5. The Bertz CT molecular complexity index is 700. The number of hydrogen-bond donors (Lipinski definition) is 2. The molecule has 0 atom stereocenters. The average molecular weight is 330 g/mol. The van der Waals surface area contributed by atoms with Crippen LogP contribution >= 0.6 is 0 Å². The Morgan fingerprint density at radius 1 is 1.25 bits per heavy atom. The van der Waals surface area contributed by atoms with E-state index < -0.39 is 0 Å². The molecule has 7 nitrogen and oxygen atoms in total. The van der Waals surface area contributed by atoms with Crippen LogP contribution in [-0.2, 0) is 4.74 Å². The van der Waals surface area contributed by atoms with Crippen molar-refractivity contribution in [1.82, 2.24) is 9.97 Å². The SMILES string of the molecule is CO.Cc1ncc(-c2cc(N)cc(C=O)c2)c(N2CCOCC2)n1. The van der Waals surface area contributed by atoms with E-state index in [4.69, 9.17) is 15.6 Å². The molecule has 0 amide bonds. The predicted octanol–water partition coefficient (Wildman–Crippen LogP) is 1.29. The van der Waals surface area contributed by atoms with Crippen molar-refractivity contribution in [3.63, 3.8) is 0 Å². The van der Waals surface area contributed by atoms with Crippen molar-refractivity contribution in [3.8, 4) is 11.1 Å². The summed E-state index contributed by atoms with van der Waals surface area (Å²) in [5.74, 6) is 1.57. The number of nitrogens with zero attached hydrogens (tertiary/aromatic N) is 3. The third kappa shape index (κ3) is 4.06. The van der Waals surface area contributed by atoms with Crippen LogP contribution in [-0.4, -0.2) is 54.8 Å². The van der Waals surface area contributed by atoms with Crippen molar-refractivity contribution >= 4 is 17.8 Å². The molecule has 3 N–H and O–H groups in total. The Morgan fingerprint density at radius 3 is 2.62 bits per heavy atom. The van der Waals surface area contributed by atoms with Crippen LogP contribution in [0.1, 0.15) is 16.2 Å². The fraction of sp³-hybridized carbons (Fsp3) is 0.353. The van der Waals surface area contributed by atoms with Gasteiger partial charge in [0.15, 0.2) is 0 Å². The zero-order valence-corrected chi connectivity index (χ0v) is 13.9. The molecule has 1 saturated heterocycles. The third-order valence-corrected chi connectivity index (χ3v) is 3.62. The molecule has 0 bridgehead atoms. The Hall–Kier alpha value is -2.51. The van der Waals surface area contributed by atoms with Crippen molar-refractivity contribution in [2.24, 2.45) is 0 Å². The van der Waals surface area contributed by atoms with E-state index in [9.17, 15) is 4.79 Å². The molecule has 3 rings (SSSR count). The fourth-order valence-electron chi connectivity index (χ4n) is 2.58. The molecular weight excluding hydrogens is 308 g/mol. The summed E-state index contributed by atoms with van der Waals surface area (Å²) in [6.45, 7) is 4.79. The number of aromatic nitrogens is 2. The van der Waals surface area contributed by atoms with Gasteiger partial charge in [0.2, 0.25) is 0 Å². The molecule has 1 aromatic carbocycles. The van der Waals surface area contributed by atoms with E-state index in [-0.39, 0.29) is 0 Å². The van der Waals surface area contributed by atoms with Crippen LogP contribution in [0.3, 0.4) is 0 Å². The number of aliphatic hydroxyl groups is 1. The van der Waals surface area contributed by atoms with Gasteiger partial charge in [-0.05, 0) is 30.7 Å². The number of aldehydes is 1. The summed E-state index contributed by atoms with van der Waals surface area (Å²) in [6.07, 6.45) is 2.58. The minimum atomic E-state index is 0.545. The lowest BCUT2D eigenvalue weighted by Gasteiger charge is -2.29. The van der Waals surface area contributed by atoms with Gasteiger partial charge in [-0.1, -0.05) is 0 Å². The zero-order valence-electron chi connectivity index (χ0n) is 13.9. The summed E-state index contributed by atoms with van der Waals surface area (Å²) in [4.78, 5) is 22.1. The summed E-state index contributed by atoms with van der Waals surface area (Å²) in [5.41, 5.74) is 8.72. The number of benzene rings is 1. The maximum atomic E-state index is 11.1. The van der Waals surface area contributed by atoms with Gasteiger partial charge < -0.3 is 20.5 Å². The maximum Gasteiger partial charge on any atom is 0.150 e. The van der Waals surface area contributed by atoms with E-state index in [2.05, 4.69) is 14.9 Å². The fourth-order valence-corrected chi connectivity index (χ4v) is 2.58. The second kappa shape index (κ2) is 8.37. The molecule has 0 spiro atoms. The monoisotopic (exact) mass is 330 g/mol. The number of hydrogen-bond acceptors (Lipinski definition) is 7. The lowest BCUT2D eigenvalue weighted by molar-refractivity contribution is 0.112. The molecule has 128 valence electrons. The van der Waals surface area contributed by atoms with Crippen LogP contribution in [0.5, 0.6) is 0 Å². The van der Waals surface area contributed by atoms with Crippen LogP contribution in [0.2, 0.25) is 0 Å². The van der Waals surface area contributed by atoms with Crippen LogP contribution < -0.4 is 10.6 Å². The second-order valence-corrected chi connectivity index (χ2v) is 5.26. The number of morpholine rings is 1. The van der Waals surface area contributed by atoms with Crippen LogP contribution in [0.4, 0.5) is 11.5 Å². The summed E-state index contributed by atoms with van der Waals surface area (Å²) < 4.78 is 5.40. The zero-order chi connectivity index (χ0) is 17.5. The summed E-state index contributed by atoms with van der Waals surface area (Å²) >= 11 is 0. The van der Waals surface area contributed by atoms with Crippen molar-refractivity contribution in [1.29, 1.82) is 0 Å². The molecule has 1 fully saturated rings. The van der Waals surface area contributed by atoms with Gasteiger partial charge in [-0.3, -0.25) is 4.79 Å². The third-order valence-electron chi connectivity index (χ3n) is 3.62. The number of ether oxygens (including phenoxy) is 1. The van der Waals surface area contributed by atoms with Gasteiger partial charge in [0, 0.05) is 43.2 Å². The van der Waals surface area contributed by atoms with Gasteiger partial charge in [0.05, 0.1) is 13.2 Å². The highest BCUT2D eigenvalue weighted by molar-refractivity contribution is 5.84. The Morgan fingerprint density at radius 2 is 1.96 bits per heavy atom. The van der Waals surface area contributed by atoms with E-state index in [0.29, 0.717) is 30.3 Å². The number of carbonyl (C=O) groups excluding carboxylic acids is 1. The molecule has 2 heterocycles. The number of aliphatic hydroxyl groups excluding tert-OH is 1. The molecule has 7 heteroatoms. The van der Waals surface area contributed by atoms with Crippen molar-refractivity contribution in [2.45, 2.75) is 6.92 Å². The molecule has 0 aliphatic carbocycles. The first kappa shape index (κ1) is 17.8. The van der Waals surface area contributed by atoms with Crippen molar-refractivity contribution in [2.75, 3.05) is 44.0 Å². The number of nitrogens with two attached hydrogens (primary N) is 1. The number of anilines is 2. The van der Waals surface area contributed by atoms with Crippen LogP contribution in [0.25, 0.3) is 11.1 Å². The molecule has 24 heavy (non-hydrogen) atoms. The predicted molar refractivity (Wildman–Crippen MR) is 93.2 cm³/mol. The number of aryl methyl sites for hydroxylation is 1. The highest BCUT2D eigenvalue weighted by Crippen LogP contribution is 2.31. The Labute approximate surface area is 141 Å². The summed E-state index contributed by atoms with van der Waals surface area (Å²) in [5, 5.41) is 7.00. The highest BCUT2D eigenvalue weighted by Gasteiger charge is 2.18. The van der Waals surface area contributed by atoms with Gasteiger partial charge in [-0.25, -0.2) is 9.97 Å². The van der Waals surface area contributed by atoms with Crippen LogP contribution in [0.15, 0.2) is 24.4 Å². The molecule has 1 aliphatic heterocycles. The lowest BCUT2D eigenvalue weighted by Crippen LogP contribution is -2.37. The first-order valence-corrected chi connectivity index (χ1v) is 7.64. The van der Waals surface area contributed by atoms with Gasteiger partial charge in [0.25, 0.3) is 0 Å². The van der Waals surface area contributed by atoms with Gasteiger partial charge in [-0.2, -0.15) is 0 Å². The molecule has 0 unspecified atom stereocenters. The molecule has 1 aliphatic rings. The molecular formula is C17H22N4O3. The molecule has 0 radical (unpaired) electrons. The van der Waals surface area contributed by atoms with Crippen molar-refractivity contribution < 1.29 is 14.6 Å². The van der Waals surface area contributed by atoms with E-state index >= 15 is 0 Å². The quantitative estimate of drug-likeness (QED) is 0.646. The van der Waals surface area contributed by atoms with Crippen LogP contribution in [0, 0.1) is 6.92 Å². The number of rotatable bonds is 3. The largest absolute Gasteiger partial charge is 0.400 e. The first-order chi connectivity index (χ1) is 11.7. The lowest BCUT2D eigenvalue weighted by atomic mass is 10.0. The minimum absolute atomic E-state index is 0.545. The smallest absolute Gasteiger partial charge is 0.150 e. The second-order valence-electron chi connectivity index (χ2n) is 5.26. The normalized spacial score (nSPS) is 13.9. The van der Waals surface area contributed by atoms with Crippen molar-refractivity contribution in [3.05, 3.63) is 35.8 Å². The Kier molecular flexibility index (Phi) is 6.22. The average Bonchev–Trinajstić information content (AvgIpc) is 2.63. The van der Waals surface area contributed by atoms with Gasteiger partial charge in [0.1, 0.15) is 17.9 Å². The standard InChI is InChI=1S/C16H18N4O2.CH4O/c1-11-18-9-15(13-6-12(10-21)7-14(17)8-13)16(19-11)20-2-4-22-5-3-20;1-2/h6-10H,2-5,17H2,1H3;2H,1H3. The minimum Gasteiger partial charge on any atom is -0.400 e. The van der Waals surface area contributed by atoms with E-state index in [0.717, 1.165) is 43.4 Å². The summed E-state index contributed by atoms with van der Waals surface area (Å²) in [6, 6.07) is 5.30. The topological polar surface area (TPSA) is 102 Å². The summed E-state index contributed by atoms with van der Waals surface area (Å²) in [7, 11) is 1.00. The van der Waals surface area contributed by atoms with Gasteiger partial charge in [-0.15, -0.1) is 0 Å². The molecule has 0 saturated carbocycles. The first-order valence-electron chi connectivity index (χ1n) is 7.64. The molecule has 1 aromatic heterocycles.